The number of halogens is 2. The normalized spacial score (nSPS) is 11.3. The molecular formula is C11H12F2O3. The van der Waals surface area contributed by atoms with Crippen LogP contribution in [-0.2, 0) is 5.41 Å². The molecule has 1 rings (SSSR count). The van der Waals surface area contributed by atoms with Crippen molar-refractivity contribution in [3.8, 4) is 5.75 Å². The van der Waals surface area contributed by atoms with Crippen LogP contribution in [0.2, 0.25) is 0 Å². The lowest BCUT2D eigenvalue weighted by Gasteiger charge is -2.21. The molecule has 0 fully saturated rings. The molecule has 88 valence electrons. The monoisotopic (exact) mass is 230 g/mol. The Kier molecular flexibility index (Phi) is 3.16. The van der Waals surface area contributed by atoms with Crippen LogP contribution in [0.15, 0.2) is 12.1 Å². The predicted molar refractivity (Wildman–Crippen MR) is 53.7 cm³/mol. The molecule has 0 aliphatic carbocycles. The second-order valence-corrected chi connectivity index (χ2v) is 4.35. The fourth-order valence-electron chi connectivity index (χ4n) is 1.39. The van der Waals surface area contributed by atoms with Crippen LogP contribution in [0, 0.1) is 11.6 Å². The van der Waals surface area contributed by atoms with Gasteiger partial charge in [-0.25, -0.2) is 13.6 Å². The van der Waals surface area contributed by atoms with E-state index >= 15 is 0 Å². The molecule has 0 amide bonds. The summed E-state index contributed by atoms with van der Waals surface area (Å²) in [6.07, 6.45) is -1.63. The first-order chi connectivity index (χ1) is 7.23. The molecule has 5 heteroatoms. The number of benzene rings is 1. The highest BCUT2D eigenvalue weighted by molar-refractivity contribution is 5.61. The average Bonchev–Trinajstić information content (AvgIpc) is 2.07. The molecule has 3 nitrogen and oxygen atoms in total. The molecule has 0 heterocycles. The van der Waals surface area contributed by atoms with Crippen molar-refractivity contribution in [3.63, 3.8) is 0 Å². The molecule has 0 bridgehead atoms. The molecule has 0 unspecified atom stereocenters. The quantitative estimate of drug-likeness (QED) is 0.594. The van der Waals surface area contributed by atoms with Crippen molar-refractivity contribution in [1.29, 1.82) is 0 Å². The molecule has 0 aliphatic heterocycles. The Morgan fingerprint density at radius 2 is 1.88 bits per heavy atom. The second kappa shape index (κ2) is 4.08. The van der Waals surface area contributed by atoms with E-state index in [2.05, 4.69) is 4.74 Å². The summed E-state index contributed by atoms with van der Waals surface area (Å²) in [6, 6.07) is 1.94. The second-order valence-electron chi connectivity index (χ2n) is 4.35. The smallest absolute Gasteiger partial charge is 0.449 e. The third kappa shape index (κ3) is 2.48. The zero-order chi connectivity index (χ0) is 12.5. The minimum atomic E-state index is -1.63. The zero-order valence-corrected chi connectivity index (χ0v) is 9.17. The summed E-state index contributed by atoms with van der Waals surface area (Å²) in [4.78, 5) is 10.3. The standard InChI is InChI=1S/C11H12F2O3/c1-11(2,3)8-6(12)4-5-7(9(8)13)16-10(14)15/h4-5H,1-3H3,(H,14,15). The third-order valence-electron chi connectivity index (χ3n) is 2.00. The number of hydrogen-bond donors (Lipinski definition) is 1. The van der Waals surface area contributed by atoms with Gasteiger partial charge in [0.05, 0.1) is 0 Å². The molecular weight excluding hydrogens is 218 g/mol. The Balaban J connectivity index is 3.33. The minimum absolute atomic E-state index is 0.189. The molecule has 1 aromatic carbocycles. The van der Waals surface area contributed by atoms with Crippen LogP contribution in [0.3, 0.4) is 0 Å². The van der Waals surface area contributed by atoms with Crippen molar-refractivity contribution in [2.24, 2.45) is 0 Å². The van der Waals surface area contributed by atoms with Gasteiger partial charge in [0.25, 0.3) is 0 Å². The molecule has 0 saturated heterocycles. The lowest BCUT2D eigenvalue weighted by Crippen LogP contribution is -2.17. The maximum Gasteiger partial charge on any atom is 0.511 e. The highest BCUT2D eigenvalue weighted by Gasteiger charge is 2.26. The summed E-state index contributed by atoms with van der Waals surface area (Å²) in [5.41, 5.74) is -0.960. The summed E-state index contributed by atoms with van der Waals surface area (Å²) in [5, 5.41) is 8.37. The highest BCUT2D eigenvalue weighted by Crippen LogP contribution is 2.32. The van der Waals surface area contributed by atoms with Crippen LogP contribution in [0.5, 0.6) is 5.75 Å². The molecule has 1 N–H and O–H groups in total. The predicted octanol–water partition coefficient (Wildman–Crippen LogP) is 3.32. The van der Waals surface area contributed by atoms with E-state index < -0.39 is 29.0 Å². The Labute approximate surface area is 91.7 Å². The van der Waals surface area contributed by atoms with E-state index in [4.69, 9.17) is 5.11 Å². The average molecular weight is 230 g/mol. The van der Waals surface area contributed by atoms with Crippen LogP contribution in [-0.4, -0.2) is 11.3 Å². The van der Waals surface area contributed by atoms with E-state index in [0.717, 1.165) is 12.1 Å². The Morgan fingerprint density at radius 3 is 2.31 bits per heavy atom. The lowest BCUT2D eigenvalue weighted by atomic mass is 9.86. The summed E-state index contributed by atoms with van der Waals surface area (Å²) in [6.45, 7) is 4.87. The van der Waals surface area contributed by atoms with E-state index in [0.29, 0.717) is 0 Å². The van der Waals surface area contributed by atoms with Gasteiger partial charge in [-0.2, -0.15) is 0 Å². The molecule has 0 radical (unpaired) electrons. The van der Waals surface area contributed by atoms with E-state index in [-0.39, 0.29) is 5.56 Å². The van der Waals surface area contributed by atoms with Gasteiger partial charge in [-0.3, -0.25) is 0 Å². The molecule has 1 aromatic rings. The largest absolute Gasteiger partial charge is 0.511 e. The van der Waals surface area contributed by atoms with Gasteiger partial charge in [0, 0.05) is 5.56 Å². The van der Waals surface area contributed by atoms with Crippen molar-refractivity contribution in [2.45, 2.75) is 26.2 Å². The number of rotatable bonds is 1. The number of carbonyl (C=O) groups is 1. The van der Waals surface area contributed by atoms with Gasteiger partial charge in [-0.05, 0) is 17.5 Å². The van der Waals surface area contributed by atoms with Crippen LogP contribution in [0.1, 0.15) is 26.3 Å². The van der Waals surface area contributed by atoms with Gasteiger partial charge in [0.15, 0.2) is 11.6 Å². The number of hydrogen-bond acceptors (Lipinski definition) is 2. The molecule has 0 atom stereocenters. The van der Waals surface area contributed by atoms with E-state index in [1.165, 1.54) is 0 Å². The highest BCUT2D eigenvalue weighted by atomic mass is 19.1. The van der Waals surface area contributed by atoms with Gasteiger partial charge in [-0.15, -0.1) is 0 Å². The fourth-order valence-corrected chi connectivity index (χ4v) is 1.39. The topological polar surface area (TPSA) is 46.5 Å². The summed E-state index contributed by atoms with van der Waals surface area (Å²) in [7, 11) is 0. The Bertz CT molecular complexity index is 422. The van der Waals surface area contributed by atoms with Gasteiger partial charge < -0.3 is 9.84 Å². The summed E-state index contributed by atoms with van der Waals surface area (Å²) >= 11 is 0. The first kappa shape index (κ1) is 12.4. The van der Waals surface area contributed by atoms with Crippen LogP contribution >= 0.6 is 0 Å². The molecule has 0 aliphatic rings. The minimum Gasteiger partial charge on any atom is -0.449 e. The van der Waals surface area contributed by atoms with Crippen molar-refractivity contribution in [3.05, 3.63) is 29.3 Å². The Hall–Kier alpha value is -1.65. The molecule has 16 heavy (non-hydrogen) atoms. The lowest BCUT2D eigenvalue weighted by molar-refractivity contribution is 0.142. The van der Waals surface area contributed by atoms with E-state index in [9.17, 15) is 13.6 Å². The molecule has 0 saturated carbocycles. The number of ether oxygens (including phenoxy) is 1. The maximum atomic E-state index is 13.8. The Morgan fingerprint density at radius 1 is 1.31 bits per heavy atom. The van der Waals surface area contributed by atoms with Gasteiger partial charge >= 0.3 is 6.16 Å². The van der Waals surface area contributed by atoms with Crippen LogP contribution < -0.4 is 4.74 Å². The van der Waals surface area contributed by atoms with Crippen LogP contribution in [0.25, 0.3) is 0 Å². The van der Waals surface area contributed by atoms with Gasteiger partial charge in [0.2, 0.25) is 0 Å². The van der Waals surface area contributed by atoms with E-state index in [1.807, 2.05) is 0 Å². The molecule has 0 spiro atoms. The summed E-state index contributed by atoms with van der Waals surface area (Å²) in [5.74, 6) is -2.18. The number of carboxylic acid groups (broad SMARTS) is 1. The molecule has 0 aromatic heterocycles. The first-order valence-electron chi connectivity index (χ1n) is 4.62. The maximum absolute atomic E-state index is 13.8. The van der Waals surface area contributed by atoms with Gasteiger partial charge in [0.1, 0.15) is 5.82 Å². The van der Waals surface area contributed by atoms with Crippen LogP contribution in [0.4, 0.5) is 13.6 Å². The fraction of sp³-hybridized carbons (Fsp3) is 0.364. The van der Waals surface area contributed by atoms with Crippen molar-refractivity contribution in [1.82, 2.24) is 0 Å². The van der Waals surface area contributed by atoms with Crippen molar-refractivity contribution in [2.75, 3.05) is 0 Å². The van der Waals surface area contributed by atoms with E-state index in [1.54, 1.807) is 20.8 Å². The first-order valence-corrected chi connectivity index (χ1v) is 4.62. The van der Waals surface area contributed by atoms with Gasteiger partial charge in [-0.1, -0.05) is 20.8 Å². The zero-order valence-electron chi connectivity index (χ0n) is 9.17. The third-order valence-corrected chi connectivity index (χ3v) is 2.00. The van der Waals surface area contributed by atoms with Crippen molar-refractivity contribution < 1.29 is 23.4 Å². The van der Waals surface area contributed by atoms with Crippen molar-refractivity contribution >= 4 is 6.16 Å². The summed E-state index contributed by atoms with van der Waals surface area (Å²) < 4.78 is 31.4. The SMILES string of the molecule is CC(C)(C)c1c(F)ccc(OC(=O)O)c1F.